The van der Waals surface area contributed by atoms with Gasteiger partial charge in [0.25, 0.3) is 0 Å². The molecule has 0 saturated carbocycles. The van der Waals surface area contributed by atoms with Crippen molar-refractivity contribution >= 4 is 17.4 Å². The molecule has 2 N–H and O–H groups in total. The number of pyridine rings is 1. The third kappa shape index (κ3) is 6.68. The van der Waals surface area contributed by atoms with Gasteiger partial charge in [0.15, 0.2) is 11.6 Å². The second-order valence-corrected chi connectivity index (χ2v) is 2.37. The molecule has 0 aliphatic rings. The number of carbonyl (C=O) groups is 2. The Kier molecular flexibility index (Phi) is 5.11. The molecule has 0 aliphatic heterocycles. The lowest BCUT2D eigenvalue weighted by Gasteiger charge is -1.82. The zero-order valence-corrected chi connectivity index (χ0v) is 7.65. The summed E-state index contributed by atoms with van der Waals surface area (Å²) >= 11 is 0. The highest BCUT2D eigenvalue weighted by Gasteiger charge is 1.94. The Bertz CT molecular complexity index is 271. The van der Waals surface area contributed by atoms with Gasteiger partial charge < -0.3 is 5.73 Å². The number of rotatable bonds is 1. The first-order valence-corrected chi connectivity index (χ1v) is 3.72. The Morgan fingerprint density at radius 1 is 1.23 bits per heavy atom. The van der Waals surface area contributed by atoms with Gasteiger partial charge in [-0.1, -0.05) is 6.07 Å². The van der Waals surface area contributed by atoms with E-state index in [0.29, 0.717) is 5.82 Å². The van der Waals surface area contributed by atoms with E-state index in [-0.39, 0.29) is 11.6 Å². The van der Waals surface area contributed by atoms with Crippen molar-refractivity contribution < 1.29 is 9.59 Å². The molecule has 1 aromatic rings. The van der Waals surface area contributed by atoms with Crippen molar-refractivity contribution in [2.24, 2.45) is 0 Å². The molecule has 0 aliphatic carbocycles. The van der Waals surface area contributed by atoms with Crippen LogP contribution in [0.15, 0.2) is 24.4 Å². The van der Waals surface area contributed by atoms with Gasteiger partial charge in [0, 0.05) is 20.0 Å². The van der Waals surface area contributed by atoms with Crippen LogP contribution in [0.4, 0.5) is 5.82 Å². The maximum absolute atomic E-state index is 9.79. The molecule has 70 valence electrons. The largest absolute Gasteiger partial charge is 0.384 e. The van der Waals surface area contributed by atoms with Crippen molar-refractivity contribution in [3.63, 3.8) is 0 Å². The Hall–Kier alpha value is -1.71. The first-order chi connectivity index (χ1) is 6.04. The molecule has 0 fully saturated rings. The van der Waals surface area contributed by atoms with Gasteiger partial charge in [-0.2, -0.15) is 0 Å². The van der Waals surface area contributed by atoms with Crippen molar-refractivity contribution in [3.05, 3.63) is 24.4 Å². The molecule has 1 aromatic heterocycles. The van der Waals surface area contributed by atoms with Crippen LogP contribution in [-0.4, -0.2) is 16.6 Å². The van der Waals surface area contributed by atoms with Gasteiger partial charge in [-0.15, -0.1) is 0 Å². The lowest BCUT2D eigenvalue weighted by molar-refractivity contribution is -0.134. The number of carbonyl (C=O) groups excluding carboxylic acids is 2. The van der Waals surface area contributed by atoms with E-state index in [1.165, 1.54) is 13.8 Å². The zero-order valence-electron chi connectivity index (χ0n) is 7.65. The summed E-state index contributed by atoms with van der Waals surface area (Å²) in [6.07, 6.45) is 1.66. The van der Waals surface area contributed by atoms with E-state index in [1.807, 2.05) is 12.1 Å². The molecule has 0 saturated heterocycles. The van der Waals surface area contributed by atoms with Crippen LogP contribution in [0.2, 0.25) is 0 Å². The molecular formula is C9H12N2O2. The molecule has 13 heavy (non-hydrogen) atoms. The van der Waals surface area contributed by atoms with E-state index in [0.717, 1.165) is 0 Å². The summed E-state index contributed by atoms with van der Waals surface area (Å²) in [5, 5.41) is 0. The van der Waals surface area contributed by atoms with Crippen LogP contribution >= 0.6 is 0 Å². The SMILES string of the molecule is CC(=O)C(C)=O.Nc1ccccn1. The number of nitrogens with zero attached hydrogens (tertiary/aromatic N) is 1. The number of anilines is 1. The van der Waals surface area contributed by atoms with Crippen molar-refractivity contribution in [2.75, 3.05) is 5.73 Å². The fourth-order valence-corrected chi connectivity index (χ4v) is 0.376. The zero-order chi connectivity index (χ0) is 10.3. The quantitative estimate of drug-likeness (QED) is 0.649. The number of nitrogen functional groups attached to an aromatic ring is 1. The average Bonchev–Trinajstić information content (AvgIpc) is 2.06. The van der Waals surface area contributed by atoms with E-state index < -0.39 is 0 Å². The molecule has 0 radical (unpaired) electrons. The van der Waals surface area contributed by atoms with Crippen molar-refractivity contribution in [1.82, 2.24) is 4.98 Å². The molecule has 0 aromatic carbocycles. The van der Waals surface area contributed by atoms with Crippen LogP contribution in [0.3, 0.4) is 0 Å². The number of aromatic nitrogens is 1. The highest BCUT2D eigenvalue weighted by Crippen LogP contribution is 1.89. The van der Waals surface area contributed by atoms with Crippen molar-refractivity contribution in [1.29, 1.82) is 0 Å². The molecule has 1 heterocycles. The van der Waals surface area contributed by atoms with E-state index in [4.69, 9.17) is 5.73 Å². The molecule has 0 amide bonds. The lowest BCUT2D eigenvalue weighted by atomic mass is 10.3. The first-order valence-electron chi connectivity index (χ1n) is 3.72. The second kappa shape index (κ2) is 5.88. The Balaban J connectivity index is 0.000000226. The monoisotopic (exact) mass is 180 g/mol. The Labute approximate surface area is 76.8 Å². The van der Waals surface area contributed by atoms with Crippen LogP contribution in [0.25, 0.3) is 0 Å². The summed E-state index contributed by atoms with van der Waals surface area (Å²) in [5.74, 6) is -0.187. The second-order valence-electron chi connectivity index (χ2n) is 2.37. The van der Waals surface area contributed by atoms with Gasteiger partial charge in [0.2, 0.25) is 0 Å². The molecule has 4 nitrogen and oxygen atoms in total. The van der Waals surface area contributed by atoms with Crippen LogP contribution < -0.4 is 5.73 Å². The molecule has 1 rings (SSSR count). The Morgan fingerprint density at radius 2 is 1.77 bits per heavy atom. The summed E-state index contributed by atoms with van der Waals surface area (Å²) in [7, 11) is 0. The predicted octanol–water partition coefficient (Wildman–Crippen LogP) is 0.828. The van der Waals surface area contributed by atoms with Gasteiger partial charge in [0.05, 0.1) is 0 Å². The summed E-state index contributed by atoms with van der Waals surface area (Å²) in [4.78, 5) is 23.3. The van der Waals surface area contributed by atoms with Gasteiger partial charge in [-0.3, -0.25) is 9.59 Å². The van der Waals surface area contributed by atoms with E-state index in [2.05, 4.69) is 4.98 Å². The molecular weight excluding hydrogens is 168 g/mol. The number of Topliss-reactive ketones (excluding diaryl/α,β-unsaturated/α-hetero) is 2. The molecule has 0 atom stereocenters. The third-order valence-electron chi connectivity index (χ3n) is 1.18. The van der Waals surface area contributed by atoms with Crippen LogP contribution in [0.5, 0.6) is 0 Å². The van der Waals surface area contributed by atoms with Gasteiger partial charge in [0.1, 0.15) is 5.82 Å². The minimum atomic E-state index is -0.380. The number of ketones is 2. The molecule has 4 heteroatoms. The van der Waals surface area contributed by atoms with E-state index >= 15 is 0 Å². The number of hydrogen-bond acceptors (Lipinski definition) is 4. The highest BCUT2D eigenvalue weighted by molar-refractivity contribution is 6.35. The van der Waals surface area contributed by atoms with E-state index in [9.17, 15) is 9.59 Å². The molecule has 0 spiro atoms. The van der Waals surface area contributed by atoms with Crippen LogP contribution in [-0.2, 0) is 9.59 Å². The minimum absolute atomic E-state index is 0.380. The first kappa shape index (κ1) is 11.3. The smallest absolute Gasteiger partial charge is 0.195 e. The highest BCUT2D eigenvalue weighted by atomic mass is 16.2. The topological polar surface area (TPSA) is 73.0 Å². The van der Waals surface area contributed by atoms with Gasteiger partial charge >= 0.3 is 0 Å². The third-order valence-corrected chi connectivity index (χ3v) is 1.18. The van der Waals surface area contributed by atoms with Gasteiger partial charge in [-0.25, -0.2) is 4.98 Å². The van der Waals surface area contributed by atoms with Crippen molar-refractivity contribution in [3.8, 4) is 0 Å². The maximum Gasteiger partial charge on any atom is 0.195 e. The summed E-state index contributed by atoms with van der Waals surface area (Å²) in [6.45, 7) is 2.50. The molecule has 0 unspecified atom stereocenters. The fourth-order valence-electron chi connectivity index (χ4n) is 0.376. The maximum atomic E-state index is 9.79. The van der Waals surface area contributed by atoms with Crippen LogP contribution in [0.1, 0.15) is 13.8 Å². The summed E-state index contributed by atoms with van der Waals surface area (Å²) in [5.41, 5.74) is 5.25. The predicted molar refractivity (Wildman–Crippen MR) is 50.0 cm³/mol. The fraction of sp³-hybridized carbons (Fsp3) is 0.222. The normalized spacial score (nSPS) is 8.15. The lowest BCUT2D eigenvalue weighted by Crippen LogP contribution is -2.01. The van der Waals surface area contributed by atoms with E-state index in [1.54, 1.807) is 12.3 Å². The summed E-state index contributed by atoms with van der Waals surface area (Å²) in [6, 6.07) is 5.43. The van der Waals surface area contributed by atoms with Gasteiger partial charge in [-0.05, 0) is 12.1 Å². The number of hydrogen-bond donors (Lipinski definition) is 1. The minimum Gasteiger partial charge on any atom is -0.384 e. The van der Waals surface area contributed by atoms with Crippen molar-refractivity contribution in [2.45, 2.75) is 13.8 Å². The Morgan fingerprint density at radius 3 is 1.92 bits per heavy atom. The average molecular weight is 180 g/mol. The summed E-state index contributed by atoms with van der Waals surface area (Å²) < 4.78 is 0. The van der Waals surface area contributed by atoms with Crippen LogP contribution in [0, 0.1) is 0 Å². The number of nitrogens with two attached hydrogens (primary N) is 1. The standard InChI is InChI=1S/C5H6N2.C4H6O2/c6-5-3-1-2-4-7-5;1-3(5)4(2)6/h1-4H,(H2,6,7);1-2H3. The molecule has 0 bridgehead atoms.